The summed E-state index contributed by atoms with van der Waals surface area (Å²) in [5.74, 6) is -0.206. The number of aryl methyl sites for hydroxylation is 2. The highest BCUT2D eigenvalue weighted by atomic mass is 16.6. The number of aromatic nitrogens is 4. The number of para-hydroxylation sites is 1. The largest absolute Gasteiger partial charge is 0.460 e. The van der Waals surface area contributed by atoms with Gasteiger partial charge in [0.15, 0.2) is 0 Å². The first-order valence-electron chi connectivity index (χ1n) is 8.76. The molecule has 0 radical (unpaired) electrons. The van der Waals surface area contributed by atoms with Gasteiger partial charge in [-0.2, -0.15) is 0 Å². The zero-order valence-electron chi connectivity index (χ0n) is 15.5. The first-order chi connectivity index (χ1) is 13.9. The van der Waals surface area contributed by atoms with Crippen LogP contribution in [0.15, 0.2) is 50.4 Å². The first-order valence-corrected chi connectivity index (χ1v) is 8.76. The number of aromatic amines is 4. The zero-order valence-corrected chi connectivity index (χ0v) is 15.5. The highest BCUT2D eigenvalue weighted by molar-refractivity contribution is 5.69. The first kappa shape index (κ1) is 18.3. The molecular weight excluding hydrogens is 378 g/mol. The van der Waals surface area contributed by atoms with E-state index in [4.69, 9.17) is 4.42 Å². The van der Waals surface area contributed by atoms with Crippen molar-refractivity contribution in [2.75, 3.05) is 0 Å². The minimum absolute atomic E-state index is 0.101. The predicted molar refractivity (Wildman–Crippen MR) is 104 cm³/mol. The van der Waals surface area contributed by atoms with E-state index >= 15 is 0 Å². The van der Waals surface area contributed by atoms with Crippen molar-refractivity contribution in [2.45, 2.75) is 19.8 Å². The Morgan fingerprint density at radius 1 is 0.897 bits per heavy atom. The van der Waals surface area contributed by atoms with Crippen molar-refractivity contribution in [1.82, 2.24) is 20.4 Å². The predicted octanol–water partition coefficient (Wildman–Crippen LogP) is 2.68. The molecule has 0 unspecified atom stereocenters. The molecule has 3 heterocycles. The van der Waals surface area contributed by atoms with Crippen LogP contribution in [-0.2, 0) is 0 Å². The Balaban J connectivity index is 1.92. The van der Waals surface area contributed by atoms with E-state index in [0.717, 1.165) is 0 Å². The average Bonchev–Trinajstić information content (AvgIpc) is 3.39. The number of hydrogen-bond donors (Lipinski definition) is 4. The number of rotatable bonds is 5. The lowest BCUT2D eigenvalue weighted by Gasteiger charge is -2.12. The maximum absolute atomic E-state index is 12.5. The summed E-state index contributed by atoms with van der Waals surface area (Å²) in [6, 6.07) is 9.42. The molecule has 0 aliphatic carbocycles. The maximum Gasteiger partial charge on any atom is 0.280 e. The number of benzene rings is 1. The van der Waals surface area contributed by atoms with Gasteiger partial charge in [0.05, 0.1) is 27.5 Å². The summed E-state index contributed by atoms with van der Waals surface area (Å²) in [4.78, 5) is 35.8. The van der Waals surface area contributed by atoms with Gasteiger partial charge < -0.3 is 14.6 Å². The molecule has 0 saturated heterocycles. The van der Waals surface area contributed by atoms with Crippen LogP contribution in [0, 0.1) is 24.0 Å². The van der Waals surface area contributed by atoms with E-state index in [2.05, 4.69) is 20.4 Å². The van der Waals surface area contributed by atoms with E-state index < -0.39 is 10.8 Å². The number of nitro benzene ring substituents is 1. The Kier molecular flexibility index (Phi) is 4.30. The molecule has 4 rings (SSSR count). The molecule has 0 saturated carbocycles. The normalized spacial score (nSPS) is 11.3. The van der Waals surface area contributed by atoms with E-state index in [1.165, 1.54) is 6.07 Å². The van der Waals surface area contributed by atoms with Crippen LogP contribution in [0.2, 0.25) is 0 Å². The van der Waals surface area contributed by atoms with Gasteiger partial charge in [0.2, 0.25) is 0 Å². The molecule has 0 atom stereocenters. The Hall–Kier alpha value is -4.08. The molecular formula is C19H17N5O5. The summed E-state index contributed by atoms with van der Waals surface area (Å²) in [5.41, 5.74) is 1.24. The number of nitro groups is 1. The molecule has 0 amide bonds. The van der Waals surface area contributed by atoms with Crippen LogP contribution in [-0.4, -0.2) is 25.3 Å². The van der Waals surface area contributed by atoms with Crippen molar-refractivity contribution in [3.05, 3.63) is 95.5 Å². The smallest absolute Gasteiger partial charge is 0.280 e. The van der Waals surface area contributed by atoms with E-state index in [0.29, 0.717) is 33.8 Å². The number of nitrogens with zero attached hydrogens (tertiary/aromatic N) is 1. The molecule has 3 aromatic heterocycles. The SMILES string of the molecule is Cc1[nH][nH]c(=O)c1C(c1ccc(-c2ccccc2[N+](=O)[O-])o1)c1c(C)[nH][nH]c1=O. The Labute approximate surface area is 162 Å². The van der Waals surface area contributed by atoms with Crippen LogP contribution >= 0.6 is 0 Å². The fourth-order valence-corrected chi connectivity index (χ4v) is 3.53. The minimum atomic E-state index is -0.795. The number of furan rings is 1. The lowest BCUT2D eigenvalue weighted by atomic mass is 9.89. The molecule has 0 fully saturated rings. The van der Waals surface area contributed by atoms with Gasteiger partial charge in [0.1, 0.15) is 11.5 Å². The quantitative estimate of drug-likeness (QED) is 0.302. The number of nitrogens with one attached hydrogen (secondary N) is 4. The lowest BCUT2D eigenvalue weighted by molar-refractivity contribution is -0.384. The van der Waals surface area contributed by atoms with Crippen molar-refractivity contribution in [2.24, 2.45) is 0 Å². The molecule has 0 aliphatic rings. The van der Waals surface area contributed by atoms with Gasteiger partial charge in [-0.1, -0.05) is 12.1 Å². The Morgan fingerprint density at radius 2 is 1.48 bits per heavy atom. The minimum Gasteiger partial charge on any atom is -0.460 e. The molecule has 0 bridgehead atoms. The molecule has 148 valence electrons. The van der Waals surface area contributed by atoms with Gasteiger partial charge in [0.25, 0.3) is 16.8 Å². The van der Waals surface area contributed by atoms with Gasteiger partial charge in [-0.3, -0.25) is 29.9 Å². The van der Waals surface area contributed by atoms with Gasteiger partial charge >= 0.3 is 0 Å². The van der Waals surface area contributed by atoms with Gasteiger partial charge in [0, 0.05) is 17.5 Å². The summed E-state index contributed by atoms with van der Waals surface area (Å²) in [5, 5.41) is 21.9. The van der Waals surface area contributed by atoms with Gasteiger partial charge in [-0.25, -0.2) is 0 Å². The second kappa shape index (κ2) is 6.82. The summed E-state index contributed by atoms with van der Waals surface area (Å²) in [7, 11) is 0. The molecule has 1 aromatic carbocycles. The van der Waals surface area contributed by atoms with Crippen LogP contribution in [0.5, 0.6) is 0 Å². The molecule has 0 aliphatic heterocycles. The fourth-order valence-electron chi connectivity index (χ4n) is 3.53. The zero-order chi connectivity index (χ0) is 20.7. The second-order valence-electron chi connectivity index (χ2n) is 6.64. The highest BCUT2D eigenvalue weighted by Crippen LogP contribution is 2.36. The van der Waals surface area contributed by atoms with Crippen molar-refractivity contribution in [3.63, 3.8) is 0 Å². The summed E-state index contributed by atoms with van der Waals surface area (Å²) < 4.78 is 5.95. The maximum atomic E-state index is 12.5. The average molecular weight is 395 g/mol. The van der Waals surface area contributed by atoms with E-state index in [1.807, 2.05) is 0 Å². The summed E-state index contributed by atoms with van der Waals surface area (Å²) in [6.07, 6.45) is 0. The van der Waals surface area contributed by atoms with Gasteiger partial charge in [-0.15, -0.1) is 0 Å². The molecule has 10 nitrogen and oxygen atoms in total. The highest BCUT2D eigenvalue weighted by Gasteiger charge is 2.31. The molecule has 4 aromatic rings. The van der Waals surface area contributed by atoms with E-state index in [-0.39, 0.29) is 22.6 Å². The van der Waals surface area contributed by atoms with Gasteiger partial charge in [-0.05, 0) is 32.0 Å². The lowest BCUT2D eigenvalue weighted by Crippen LogP contribution is -2.19. The Bertz CT molecular complexity index is 1260. The molecule has 4 N–H and O–H groups in total. The van der Waals surface area contributed by atoms with Crippen molar-refractivity contribution in [1.29, 1.82) is 0 Å². The van der Waals surface area contributed by atoms with Crippen molar-refractivity contribution >= 4 is 5.69 Å². The third-order valence-corrected chi connectivity index (χ3v) is 4.88. The monoisotopic (exact) mass is 395 g/mol. The molecule has 0 spiro atoms. The molecule has 10 heteroatoms. The topological polar surface area (TPSA) is 154 Å². The third-order valence-electron chi connectivity index (χ3n) is 4.88. The standard InChI is InChI=1S/C19H17N5O5/c1-9-15(18(25)22-20-9)17(16-10(2)21-23-19(16)26)14-8-7-13(29-14)11-5-3-4-6-12(11)24(27)28/h3-8,17H,1-2H3,(H2,20,22,25)(H2,21,23,26). The van der Waals surface area contributed by atoms with Crippen molar-refractivity contribution < 1.29 is 9.34 Å². The number of hydrogen-bond acceptors (Lipinski definition) is 5. The van der Waals surface area contributed by atoms with Crippen LogP contribution < -0.4 is 11.1 Å². The third kappa shape index (κ3) is 3.00. The van der Waals surface area contributed by atoms with Crippen LogP contribution in [0.3, 0.4) is 0 Å². The summed E-state index contributed by atoms with van der Waals surface area (Å²) >= 11 is 0. The Morgan fingerprint density at radius 3 is 2.00 bits per heavy atom. The second-order valence-corrected chi connectivity index (χ2v) is 6.64. The fraction of sp³-hybridized carbons (Fsp3) is 0.158. The summed E-state index contributed by atoms with van der Waals surface area (Å²) in [6.45, 7) is 3.42. The van der Waals surface area contributed by atoms with Crippen molar-refractivity contribution in [3.8, 4) is 11.3 Å². The van der Waals surface area contributed by atoms with E-state index in [1.54, 1.807) is 44.2 Å². The van der Waals surface area contributed by atoms with Crippen LogP contribution in [0.25, 0.3) is 11.3 Å². The van der Waals surface area contributed by atoms with E-state index in [9.17, 15) is 19.7 Å². The number of H-pyrrole nitrogens is 4. The van der Waals surface area contributed by atoms with Crippen LogP contribution in [0.1, 0.15) is 34.2 Å². The van der Waals surface area contributed by atoms with Crippen LogP contribution in [0.4, 0.5) is 5.69 Å². The molecule has 29 heavy (non-hydrogen) atoms.